The number of pyridine rings is 2. The Balaban J connectivity index is 1.35. The van der Waals surface area contributed by atoms with Crippen molar-refractivity contribution in [3.63, 3.8) is 0 Å². The number of amides is 1. The number of nitrogens with zero attached hydrogens (tertiary/aromatic N) is 5. The van der Waals surface area contributed by atoms with Crippen molar-refractivity contribution < 1.29 is 17.6 Å². The highest BCUT2D eigenvalue weighted by Gasteiger charge is 2.60. The summed E-state index contributed by atoms with van der Waals surface area (Å²) >= 11 is 6.64. The molecule has 5 heterocycles. The lowest BCUT2D eigenvalue weighted by atomic mass is 9.80. The summed E-state index contributed by atoms with van der Waals surface area (Å²) in [5, 5.41) is 1.85. The summed E-state index contributed by atoms with van der Waals surface area (Å²) in [4.78, 5) is 28.1. The fraction of sp³-hybridized carbons (Fsp3) is 0.147. The molecule has 1 saturated heterocycles. The number of benzene rings is 3. The number of carbonyl (C=O) groups is 1. The number of anilines is 2. The van der Waals surface area contributed by atoms with Crippen LogP contribution < -0.4 is 9.21 Å². The normalized spacial score (nSPS) is 19.0. The van der Waals surface area contributed by atoms with Gasteiger partial charge in [0.2, 0.25) is 0 Å². The van der Waals surface area contributed by atoms with E-state index in [-0.39, 0.29) is 10.6 Å². The van der Waals surface area contributed by atoms with E-state index in [1.54, 1.807) is 67.3 Å². The molecule has 224 valence electrons. The Kier molecular flexibility index (Phi) is 6.42. The zero-order valence-corrected chi connectivity index (χ0v) is 25.4. The maximum Gasteiger partial charge on any atom is 0.273 e. The molecule has 0 aliphatic carbocycles. The van der Waals surface area contributed by atoms with Crippen LogP contribution in [0.2, 0.25) is 5.02 Å². The second-order valence-electron chi connectivity index (χ2n) is 11.1. The van der Waals surface area contributed by atoms with Crippen molar-refractivity contribution in [2.75, 3.05) is 35.4 Å². The molecule has 3 aromatic heterocycles. The van der Waals surface area contributed by atoms with Crippen molar-refractivity contribution in [3.05, 3.63) is 126 Å². The van der Waals surface area contributed by atoms with E-state index in [9.17, 15) is 8.42 Å². The van der Waals surface area contributed by atoms with E-state index in [1.165, 1.54) is 6.07 Å². The lowest BCUT2D eigenvalue weighted by Crippen LogP contribution is -2.60. The topological polar surface area (TPSA) is 99.8 Å². The quantitative estimate of drug-likeness (QED) is 0.233. The molecule has 1 unspecified atom stereocenters. The van der Waals surface area contributed by atoms with E-state index >= 15 is 4.79 Å². The number of hydrogen-bond acceptors (Lipinski definition) is 8. The molecule has 9 nitrogen and oxygen atoms in total. The van der Waals surface area contributed by atoms with Crippen LogP contribution in [0.4, 0.5) is 11.4 Å². The third-order valence-corrected chi connectivity index (χ3v) is 10.8. The molecule has 0 N–H and O–H groups in total. The van der Waals surface area contributed by atoms with Gasteiger partial charge in [-0.2, -0.15) is 0 Å². The first kappa shape index (κ1) is 27.8. The molecule has 0 saturated carbocycles. The van der Waals surface area contributed by atoms with Crippen molar-refractivity contribution in [2.45, 2.75) is 10.4 Å². The number of sulfonamides is 1. The molecule has 11 heteroatoms. The second kappa shape index (κ2) is 10.4. The number of rotatable bonds is 5. The molecule has 0 bridgehead atoms. The van der Waals surface area contributed by atoms with Crippen LogP contribution in [0.15, 0.2) is 119 Å². The lowest BCUT2D eigenvalue weighted by Gasteiger charge is -2.45. The van der Waals surface area contributed by atoms with Gasteiger partial charge in [0.1, 0.15) is 10.5 Å². The van der Waals surface area contributed by atoms with E-state index in [1.807, 2.05) is 36.4 Å². The minimum absolute atomic E-state index is 0.0515. The number of furan rings is 1. The Labute approximate surface area is 264 Å². The Morgan fingerprint density at radius 1 is 0.800 bits per heavy atom. The maximum absolute atomic E-state index is 15.3. The van der Waals surface area contributed by atoms with Gasteiger partial charge >= 0.3 is 0 Å². The van der Waals surface area contributed by atoms with E-state index < -0.39 is 21.5 Å². The van der Waals surface area contributed by atoms with Crippen LogP contribution in [-0.2, 0) is 20.4 Å². The Hall–Kier alpha value is -4.77. The highest BCUT2D eigenvalue weighted by Crippen LogP contribution is 2.53. The van der Waals surface area contributed by atoms with Crippen molar-refractivity contribution in [2.24, 2.45) is 0 Å². The highest BCUT2D eigenvalue weighted by molar-refractivity contribution is 7.93. The average Bonchev–Trinajstić information content (AvgIpc) is 3.66. The van der Waals surface area contributed by atoms with E-state index in [0.29, 0.717) is 58.8 Å². The number of carbonyl (C=O) groups excluding carboxylic acids is 1. The van der Waals surface area contributed by atoms with E-state index in [0.717, 1.165) is 15.4 Å². The molecule has 1 atom stereocenters. The zero-order valence-electron chi connectivity index (χ0n) is 23.9. The molecule has 3 aromatic carbocycles. The molecule has 0 spiro atoms. The van der Waals surface area contributed by atoms with E-state index in [4.69, 9.17) is 16.0 Å². The van der Waals surface area contributed by atoms with Crippen molar-refractivity contribution in [1.29, 1.82) is 0 Å². The minimum atomic E-state index is -4.45. The van der Waals surface area contributed by atoms with Gasteiger partial charge in [-0.25, -0.2) is 12.7 Å². The maximum atomic E-state index is 15.3. The number of piperazine rings is 1. The van der Waals surface area contributed by atoms with Gasteiger partial charge in [0.15, 0.2) is 5.54 Å². The highest BCUT2D eigenvalue weighted by atomic mass is 35.5. The summed E-state index contributed by atoms with van der Waals surface area (Å²) < 4.78 is 36.4. The molecule has 2 aliphatic heterocycles. The van der Waals surface area contributed by atoms with Crippen LogP contribution in [0.25, 0.3) is 21.9 Å². The largest absolute Gasteiger partial charge is 0.464 e. The second-order valence-corrected chi connectivity index (χ2v) is 13.3. The number of para-hydroxylation sites is 2. The predicted octanol–water partition coefficient (Wildman–Crippen LogP) is 5.83. The SMILES string of the molecule is O=C1N(S(=O)(=O)c2cccc3cccnc23)c2ccc(Cl)cc2C1(c1cccc2ccoc12)N1CCN(c2ccncc2)CC1. The third-order valence-electron chi connectivity index (χ3n) is 8.83. The summed E-state index contributed by atoms with van der Waals surface area (Å²) in [5.74, 6) is -0.617. The fourth-order valence-electron chi connectivity index (χ4n) is 6.84. The van der Waals surface area contributed by atoms with Crippen LogP contribution >= 0.6 is 11.6 Å². The summed E-state index contributed by atoms with van der Waals surface area (Å²) in [5.41, 5.74) is 1.58. The first-order chi connectivity index (χ1) is 21.9. The Morgan fingerprint density at radius 3 is 2.38 bits per heavy atom. The average molecular weight is 636 g/mol. The van der Waals surface area contributed by atoms with Crippen molar-refractivity contribution in [3.8, 4) is 0 Å². The van der Waals surface area contributed by atoms with Gasteiger partial charge in [-0.15, -0.1) is 0 Å². The lowest BCUT2D eigenvalue weighted by molar-refractivity contribution is -0.126. The van der Waals surface area contributed by atoms with Gasteiger partial charge in [0.05, 0.1) is 17.5 Å². The number of hydrogen-bond donors (Lipinski definition) is 0. The molecule has 1 amide bonds. The minimum Gasteiger partial charge on any atom is -0.464 e. The summed E-state index contributed by atoms with van der Waals surface area (Å²) in [6.07, 6.45) is 6.64. The standard InChI is InChI=1S/C34H26ClN5O4S/c35-25-9-10-29-28(22-25)34(27-7-1-5-24-13-21-44-32(24)27,39-19-17-38(18-20-39)26-11-15-36-16-12-26)33(41)40(29)45(42,43)30-8-2-4-23-6-3-14-37-31(23)30/h1-16,21-22H,17-20H2. The first-order valence-corrected chi connectivity index (χ1v) is 16.3. The molecule has 0 radical (unpaired) electrons. The van der Waals surface area contributed by atoms with Crippen LogP contribution in [0.3, 0.4) is 0 Å². The van der Waals surface area contributed by atoms with Crippen molar-refractivity contribution >= 4 is 60.8 Å². The third kappa shape index (κ3) is 4.10. The van der Waals surface area contributed by atoms with Crippen LogP contribution in [0.5, 0.6) is 0 Å². The van der Waals surface area contributed by atoms with Gasteiger partial charge in [0.25, 0.3) is 15.9 Å². The first-order valence-electron chi connectivity index (χ1n) is 14.5. The van der Waals surface area contributed by atoms with Crippen molar-refractivity contribution in [1.82, 2.24) is 14.9 Å². The number of fused-ring (bicyclic) bond motifs is 3. The molecule has 8 rings (SSSR count). The molecule has 1 fully saturated rings. The van der Waals surface area contributed by atoms with Gasteiger partial charge in [-0.05, 0) is 48.5 Å². The zero-order chi connectivity index (χ0) is 30.8. The Bertz CT molecular complexity index is 2210. The van der Waals surface area contributed by atoms with Gasteiger partial charge in [-0.1, -0.05) is 48.0 Å². The van der Waals surface area contributed by atoms with Crippen LogP contribution in [-0.4, -0.2) is 55.4 Å². The fourth-order valence-corrected chi connectivity index (χ4v) is 8.64. The molecule has 6 aromatic rings. The Morgan fingerprint density at radius 2 is 1.56 bits per heavy atom. The number of halogens is 1. The van der Waals surface area contributed by atoms with Gasteiger partial charge in [0, 0.05) is 77.4 Å². The molecule has 2 aliphatic rings. The summed E-state index contributed by atoms with van der Waals surface area (Å²) in [7, 11) is -4.45. The van der Waals surface area contributed by atoms with Crippen LogP contribution in [0.1, 0.15) is 11.1 Å². The van der Waals surface area contributed by atoms with Gasteiger partial charge in [-0.3, -0.25) is 19.7 Å². The summed E-state index contributed by atoms with van der Waals surface area (Å²) in [6, 6.07) is 24.8. The predicted molar refractivity (Wildman–Crippen MR) is 173 cm³/mol. The van der Waals surface area contributed by atoms with E-state index in [2.05, 4.69) is 19.8 Å². The molecule has 45 heavy (non-hydrogen) atoms. The number of aromatic nitrogens is 2. The molecular formula is C34H26ClN5O4S. The molecular weight excluding hydrogens is 610 g/mol. The summed E-state index contributed by atoms with van der Waals surface area (Å²) in [6.45, 7) is 2.12. The van der Waals surface area contributed by atoms with Crippen LogP contribution in [0, 0.1) is 0 Å². The van der Waals surface area contributed by atoms with Gasteiger partial charge < -0.3 is 9.32 Å². The monoisotopic (exact) mass is 635 g/mol. The smallest absolute Gasteiger partial charge is 0.273 e.